The van der Waals surface area contributed by atoms with Crippen molar-refractivity contribution in [3.63, 3.8) is 0 Å². The van der Waals surface area contributed by atoms with Crippen LogP contribution in [0.15, 0.2) is 23.3 Å². The maximum absolute atomic E-state index is 5.71. The molecule has 50 valence electrons. The lowest BCUT2D eigenvalue weighted by Crippen LogP contribution is -2.14. The summed E-state index contributed by atoms with van der Waals surface area (Å²) in [4.78, 5) is 0. The second-order valence-corrected chi connectivity index (χ2v) is 2.63. The molecule has 0 saturated heterocycles. The standard InChI is InChI=1S/C7H10ClN/c8-6-2-1-3-7(9)5-4-6/h2,4-5,7H,1,3,9H2. The smallest absolute Gasteiger partial charge is 0.0363 e. The van der Waals surface area contributed by atoms with E-state index < -0.39 is 0 Å². The van der Waals surface area contributed by atoms with Gasteiger partial charge < -0.3 is 5.73 Å². The van der Waals surface area contributed by atoms with Crippen molar-refractivity contribution in [1.82, 2.24) is 0 Å². The molecule has 1 nitrogen and oxygen atoms in total. The zero-order valence-electron chi connectivity index (χ0n) is 5.18. The predicted octanol–water partition coefficient (Wildman–Crippen LogP) is 1.79. The van der Waals surface area contributed by atoms with Gasteiger partial charge in [-0.15, -0.1) is 0 Å². The summed E-state index contributed by atoms with van der Waals surface area (Å²) >= 11 is 5.71. The molecule has 0 bridgehead atoms. The van der Waals surface area contributed by atoms with Crippen molar-refractivity contribution in [2.45, 2.75) is 18.9 Å². The van der Waals surface area contributed by atoms with E-state index >= 15 is 0 Å². The van der Waals surface area contributed by atoms with Gasteiger partial charge >= 0.3 is 0 Å². The van der Waals surface area contributed by atoms with Gasteiger partial charge in [-0.3, -0.25) is 0 Å². The van der Waals surface area contributed by atoms with Gasteiger partial charge in [0.25, 0.3) is 0 Å². The quantitative estimate of drug-likeness (QED) is 0.550. The zero-order chi connectivity index (χ0) is 6.69. The second-order valence-electron chi connectivity index (χ2n) is 2.19. The largest absolute Gasteiger partial charge is 0.324 e. The molecule has 1 atom stereocenters. The first-order valence-corrected chi connectivity index (χ1v) is 3.46. The highest BCUT2D eigenvalue weighted by Crippen LogP contribution is 2.11. The van der Waals surface area contributed by atoms with Crippen LogP contribution in [0.25, 0.3) is 0 Å². The summed E-state index contributed by atoms with van der Waals surface area (Å²) in [5.74, 6) is 0. The second kappa shape index (κ2) is 3.04. The Morgan fingerprint density at radius 1 is 1.67 bits per heavy atom. The molecule has 0 amide bonds. The lowest BCUT2D eigenvalue weighted by Gasteiger charge is -1.98. The van der Waals surface area contributed by atoms with E-state index in [1.165, 1.54) is 0 Å². The van der Waals surface area contributed by atoms with Crippen LogP contribution in [0.1, 0.15) is 12.8 Å². The van der Waals surface area contributed by atoms with Crippen molar-refractivity contribution in [3.05, 3.63) is 23.3 Å². The molecule has 0 heterocycles. The first kappa shape index (κ1) is 6.84. The SMILES string of the molecule is NC1C=CC(Cl)=CCC1. The normalized spacial score (nSPS) is 27.3. The van der Waals surface area contributed by atoms with E-state index in [9.17, 15) is 0 Å². The highest BCUT2D eigenvalue weighted by atomic mass is 35.5. The van der Waals surface area contributed by atoms with E-state index in [1.807, 2.05) is 18.2 Å². The fraction of sp³-hybridized carbons (Fsp3) is 0.429. The average Bonchev–Trinajstić information content (AvgIpc) is 1.97. The molecule has 2 N–H and O–H groups in total. The third kappa shape index (κ3) is 2.20. The van der Waals surface area contributed by atoms with Gasteiger partial charge in [-0.25, -0.2) is 0 Å². The van der Waals surface area contributed by atoms with Crippen LogP contribution in [0, 0.1) is 0 Å². The molecular formula is C7H10ClN. The molecule has 0 radical (unpaired) electrons. The first-order valence-electron chi connectivity index (χ1n) is 3.08. The summed E-state index contributed by atoms with van der Waals surface area (Å²) in [5, 5.41) is 0.808. The topological polar surface area (TPSA) is 26.0 Å². The van der Waals surface area contributed by atoms with Gasteiger partial charge in [-0.1, -0.05) is 23.8 Å². The number of hydrogen-bond acceptors (Lipinski definition) is 1. The van der Waals surface area contributed by atoms with E-state index in [4.69, 9.17) is 17.3 Å². The fourth-order valence-corrected chi connectivity index (χ4v) is 0.975. The molecule has 9 heavy (non-hydrogen) atoms. The van der Waals surface area contributed by atoms with E-state index in [0.717, 1.165) is 17.9 Å². The van der Waals surface area contributed by atoms with Crippen molar-refractivity contribution >= 4 is 11.6 Å². The number of rotatable bonds is 0. The summed E-state index contributed by atoms with van der Waals surface area (Å²) in [5.41, 5.74) is 5.62. The molecule has 1 aliphatic carbocycles. The molecule has 1 rings (SSSR count). The Bertz CT molecular complexity index is 149. The number of nitrogens with two attached hydrogens (primary N) is 1. The van der Waals surface area contributed by atoms with Gasteiger partial charge in [0.05, 0.1) is 0 Å². The monoisotopic (exact) mass is 143 g/mol. The van der Waals surface area contributed by atoms with Gasteiger partial charge in [0, 0.05) is 11.1 Å². The highest BCUT2D eigenvalue weighted by molar-refractivity contribution is 6.31. The van der Waals surface area contributed by atoms with Gasteiger partial charge in [0.2, 0.25) is 0 Å². The first-order chi connectivity index (χ1) is 4.29. The molecule has 0 aliphatic heterocycles. The van der Waals surface area contributed by atoms with Gasteiger partial charge in [-0.05, 0) is 18.9 Å². The fourth-order valence-electron chi connectivity index (χ4n) is 0.793. The van der Waals surface area contributed by atoms with Crippen molar-refractivity contribution < 1.29 is 0 Å². The lowest BCUT2D eigenvalue weighted by molar-refractivity contribution is 0.739. The number of halogens is 1. The zero-order valence-corrected chi connectivity index (χ0v) is 5.93. The number of hydrogen-bond donors (Lipinski definition) is 1. The van der Waals surface area contributed by atoms with Crippen molar-refractivity contribution in [2.24, 2.45) is 5.73 Å². The van der Waals surface area contributed by atoms with Crippen LogP contribution < -0.4 is 5.73 Å². The van der Waals surface area contributed by atoms with Crippen molar-refractivity contribution in [2.75, 3.05) is 0 Å². The van der Waals surface area contributed by atoms with Crippen LogP contribution in [-0.2, 0) is 0 Å². The molecular weight excluding hydrogens is 134 g/mol. The molecule has 0 spiro atoms. The van der Waals surface area contributed by atoms with E-state index in [1.54, 1.807) is 0 Å². The summed E-state index contributed by atoms with van der Waals surface area (Å²) in [6.45, 7) is 0. The third-order valence-corrected chi connectivity index (χ3v) is 1.62. The third-order valence-electron chi connectivity index (χ3n) is 1.34. The minimum absolute atomic E-state index is 0.192. The van der Waals surface area contributed by atoms with Crippen LogP contribution in [0.3, 0.4) is 0 Å². The van der Waals surface area contributed by atoms with Crippen molar-refractivity contribution in [3.8, 4) is 0 Å². The van der Waals surface area contributed by atoms with Crippen LogP contribution >= 0.6 is 11.6 Å². The minimum Gasteiger partial charge on any atom is -0.324 e. The van der Waals surface area contributed by atoms with E-state index in [-0.39, 0.29) is 6.04 Å². The van der Waals surface area contributed by atoms with E-state index in [2.05, 4.69) is 0 Å². The maximum Gasteiger partial charge on any atom is 0.0363 e. The summed E-state index contributed by atoms with van der Waals surface area (Å²) in [6, 6.07) is 0.192. The van der Waals surface area contributed by atoms with Crippen LogP contribution in [0.4, 0.5) is 0 Å². The molecule has 0 fully saturated rings. The van der Waals surface area contributed by atoms with Crippen LogP contribution in [0.2, 0.25) is 0 Å². The lowest BCUT2D eigenvalue weighted by atomic mass is 10.2. The highest BCUT2D eigenvalue weighted by Gasteiger charge is 1.99. The molecule has 0 aromatic heterocycles. The number of allylic oxidation sites excluding steroid dienone is 3. The van der Waals surface area contributed by atoms with Gasteiger partial charge in [0.1, 0.15) is 0 Å². The van der Waals surface area contributed by atoms with Crippen LogP contribution in [-0.4, -0.2) is 6.04 Å². The molecule has 2 heteroatoms. The molecule has 0 saturated carbocycles. The molecule has 1 aliphatic rings. The van der Waals surface area contributed by atoms with E-state index in [0.29, 0.717) is 0 Å². The molecule has 0 aromatic carbocycles. The van der Waals surface area contributed by atoms with Crippen molar-refractivity contribution in [1.29, 1.82) is 0 Å². The maximum atomic E-state index is 5.71. The van der Waals surface area contributed by atoms with Crippen LogP contribution in [0.5, 0.6) is 0 Å². The Labute approximate surface area is 60.2 Å². The Balaban J connectivity index is 2.58. The molecule has 0 aromatic rings. The minimum atomic E-state index is 0.192. The Kier molecular flexibility index (Phi) is 2.31. The Hall–Kier alpha value is -0.270. The average molecular weight is 144 g/mol. The van der Waals surface area contributed by atoms with Gasteiger partial charge in [0.15, 0.2) is 0 Å². The summed E-state index contributed by atoms with van der Waals surface area (Å²) in [7, 11) is 0. The summed E-state index contributed by atoms with van der Waals surface area (Å²) in [6.07, 6.45) is 7.79. The predicted molar refractivity (Wildman–Crippen MR) is 40.3 cm³/mol. The Morgan fingerprint density at radius 3 is 3.22 bits per heavy atom. The Morgan fingerprint density at radius 2 is 2.44 bits per heavy atom. The van der Waals surface area contributed by atoms with Gasteiger partial charge in [-0.2, -0.15) is 0 Å². The summed E-state index contributed by atoms with van der Waals surface area (Å²) < 4.78 is 0. The molecule has 1 unspecified atom stereocenters.